The third-order valence-electron chi connectivity index (χ3n) is 5.09. The number of esters is 4. The molecule has 1 aromatic rings. The van der Waals surface area contributed by atoms with Gasteiger partial charge in [0.15, 0.2) is 5.41 Å². The van der Waals surface area contributed by atoms with Gasteiger partial charge in [-0.1, -0.05) is 18.2 Å². The zero-order valence-corrected chi connectivity index (χ0v) is 16.8. The lowest BCUT2D eigenvalue weighted by molar-refractivity contribution is -0.146. The fourth-order valence-corrected chi connectivity index (χ4v) is 3.84. The Morgan fingerprint density at radius 1 is 1.03 bits per heavy atom. The van der Waals surface area contributed by atoms with Gasteiger partial charge in [-0.15, -0.1) is 0 Å². The Labute approximate surface area is 171 Å². The first-order valence-electron chi connectivity index (χ1n) is 8.79. The number of allylic oxidation sites excluding steroid dienone is 1. The molecule has 1 aromatic carbocycles. The van der Waals surface area contributed by atoms with E-state index < -0.39 is 29.3 Å². The summed E-state index contributed by atoms with van der Waals surface area (Å²) in [7, 11) is 3.45. The molecule has 0 fully saturated rings. The van der Waals surface area contributed by atoms with Gasteiger partial charge in [0.2, 0.25) is 0 Å². The largest absolute Gasteiger partial charge is 0.468 e. The molecular formula is C20H20N2O8. The number of methoxy groups -OCH3 is 3. The Kier molecular flexibility index (Phi) is 5.26. The summed E-state index contributed by atoms with van der Waals surface area (Å²) in [4.78, 5) is 52.1. The van der Waals surface area contributed by atoms with Crippen molar-refractivity contribution in [2.75, 3.05) is 32.8 Å². The zero-order valence-electron chi connectivity index (χ0n) is 16.8. The first-order chi connectivity index (χ1) is 14.2. The fraction of sp³-hybridized carbons (Fsp3) is 0.300. The third kappa shape index (κ3) is 2.71. The number of hydrogen-bond acceptors (Lipinski definition) is 10. The van der Waals surface area contributed by atoms with E-state index in [1.807, 2.05) is 0 Å². The molecule has 0 radical (unpaired) electrons. The normalized spacial score (nSPS) is 20.1. The molecule has 0 saturated heterocycles. The van der Waals surface area contributed by atoms with E-state index in [-0.39, 0.29) is 34.8 Å². The lowest BCUT2D eigenvalue weighted by Gasteiger charge is -2.40. The molecule has 0 aliphatic carbocycles. The molecule has 1 atom stereocenters. The van der Waals surface area contributed by atoms with Crippen LogP contribution in [0.1, 0.15) is 12.5 Å². The van der Waals surface area contributed by atoms with Crippen LogP contribution < -0.4 is 10.6 Å². The second-order valence-electron chi connectivity index (χ2n) is 6.49. The van der Waals surface area contributed by atoms with Crippen molar-refractivity contribution >= 4 is 29.6 Å². The summed E-state index contributed by atoms with van der Waals surface area (Å²) in [6, 6.07) is 6.40. The van der Waals surface area contributed by atoms with Gasteiger partial charge in [-0.25, -0.2) is 14.4 Å². The number of nitrogens with zero attached hydrogens (tertiary/aromatic N) is 1. The molecule has 0 unspecified atom stereocenters. The average Bonchev–Trinajstić information content (AvgIpc) is 3.00. The Bertz CT molecular complexity index is 1030. The smallest absolute Gasteiger partial charge is 0.339 e. The highest BCUT2D eigenvalue weighted by molar-refractivity contribution is 6.16. The van der Waals surface area contributed by atoms with Crippen molar-refractivity contribution in [3.8, 4) is 0 Å². The van der Waals surface area contributed by atoms with Gasteiger partial charge in [0.1, 0.15) is 29.3 Å². The van der Waals surface area contributed by atoms with Gasteiger partial charge in [-0.05, 0) is 13.0 Å². The van der Waals surface area contributed by atoms with Crippen molar-refractivity contribution in [3.63, 3.8) is 0 Å². The van der Waals surface area contributed by atoms with Crippen molar-refractivity contribution in [1.82, 2.24) is 0 Å². The molecule has 2 aliphatic rings. The predicted molar refractivity (Wildman–Crippen MR) is 102 cm³/mol. The quantitative estimate of drug-likeness (QED) is 0.538. The molecule has 0 bridgehead atoms. The number of anilines is 1. The molecule has 30 heavy (non-hydrogen) atoms. The van der Waals surface area contributed by atoms with Crippen molar-refractivity contribution in [2.24, 2.45) is 5.73 Å². The summed E-state index contributed by atoms with van der Waals surface area (Å²) in [5.74, 6) is -3.67. The SMILES string of the molecule is COC(=O)CN1C(N)=C(C(=O)OC)[C@@]2(C(=O)OC(C)=C2C(=O)OC)c2ccccc21. The van der Waals surface area contributed by atoms with Gasteiger partial charge >= 0.3 is 23.9 Å². The molecule has 0 amide bonds. The molecular weight excluding hydrogens is 396 g/mol. The van der Waals surface area contributed by atoms with Gasteiger partial charge in [0, 0.05) is 11.3 Å². The number of para-hydroxylation sites is 1. The maximum absolute atomic E-state index is 13.2. The zero-order chi connectivity index (χ0) is 22.2. The Morgan fingerprint density at radius 2 is 1.63 bits per heavy atom. The second kappa shape index (κ2) is 7.54. The van der Waals surface area contributed by atoms with Gasteiger partial charge < -0.3 is 29.6 Å². The van der Waals surface area contributed by atoms with E-state index in [0.717, 1.165) is 14.2 Å². The minimum Gasteiger partial charge on any atom is -0.468 e. The van der Waals surface area contributed by atoms with E-state index in [1.165, 1.54) is 25.0 Å². The lowest BCUT2D eigenvalue weighted by atomic mass is 9.66. The van der Waals surface area contributed by atoms with E-state index in [2.05, 4.69) is 0 Å². The van der Waals surface area contributed by atoms with Gasteiger partial charge in [0.25, 0.3) is 0 Å². The number of benzene rings is 1. The molecule has 0 saturated carbocycles. The second-order valence-corrected chi connectivity index (χ2v) is 6.49. The maximum Gasteiger partial charge on any atom is 0.339 e. The Balaban J connectivity index is 2.45. The predicted octanol–water partition coefficient (Wildman–Crippen LogP) is 0.265. The van der Waals surface area contributed by atoms with E-state index in [1.54, 1.807) is 18.2 Å². The topological polar surface area (TPSA) is 134 Å². The Morgan fingerprint density at radius 3 is 2.23 bits per heavy atom. The summed E-state index contributed by atoms with van der Waals surface area (Å²) in [5.41, 5.74) is 4.27. The lowest BCUT2D eigenvalue weighted by Crippen LogP contribution is -2.51. The van der Waals surface area contributed by atoms with E-state index >= 15 is 0 Å². The highest BCUT2D eigenvalue weighted by Crippen LogP contribution is 2.53. The maximum atomic E-state index is 13.2. The highest BCUT2D eigenvalue weighted by atomic mass is 16.6. The average molecular weight is 416 g/mol. The summed E-state index contributed by atoms with van der Waals surface area (Å²) in [6.07, 6.45) is 0. The summed E-state index contributed by atoms with van der Waals surface area (Å²) in [6.45, 7) is 1.06. The number of hydrogen-bond donors (Lipinski definition) is 1. The van der Waals surface area contributed by atoms with E-state index in [4.69, 9.17) is 24.7 Å². The molecule has 3 rings (SSSR count). The van der Waals surface area contributed by atoms with Crippen molar-refractivity contribution in [1.29, 1.82) is 0 Å². The van der Waals surface area contributed by atoms with Crippen LogP contribution in [-0.2, 0) is 43.5 Å². The number of nitrogens with two attached hydrogens (primary N) is 1. The first kappa shape index (κ1) is 20.9. The summed E-state index contributed by atoms with van der Waals surface area (Å²) < 4.78 is 19.8. The van der Waals surface area contributed by atoms with Crippen LogP contribution in [0.25, 0.3) is 0 Å². The first-order valence-corrected chi connectivity index (χ1v) is 8.79. The summed E-state index contributed by atoms with van der Waals surface area (Å²) in [5, 5.41) is 0. The van der Waals surface area contributed by atoms with E-state index in [0.29, 0.717) is 5.69 Å². The molecule has 10 nitrogen and oxygen atoms in total. The molecule has 2 heterocycles. The summed E-state index contributed by atoms with van der Waals surface area (Å²) >= 11 is 0. The van der Waals surface area contributed by atoms with Crippen LogP contribution in [0.4, 0.5) is 5.69 Å². The minimum atomic E-state index is -2.02. The number of carbonyl (C=O) groups excluding carboxylic acids is 4. The highest BCUT2D eigenvalue weighted by Gasteiger charge is 2.63. The minimum absolute atomic E-state index is 0.0303. The van der Waals surface area contributed by atoms with Crippen LogP contribution in [0, 0.1) is 0 Å². The van der Waals surface area contributed by atoms with Crippen LogP contribution in [0.15, 0.2) is 47.0 Å². The number of fused-ring (bicyclic) bond motifs is 2. The molecule has 10 heteroatoms. The fourth-order valence-electron chi connectivity index (χ4n) is 3.84. The molecule has 0 aromatic heterocycles. The van der Waals surface area contributed by atoms with Crippen molar-refractivity contribution < 1.29 is 38.1 Å². The van der Waals surface area contributed by atoms with Crippen LogP contribution in [-0.4, -0.2) is 51.8 Å². The number of carbonyl (C=O) groups is 4. The van der Waals surface area contributed by atoms with Gasteiger partial charge in [0.05, 0.1) is 21.3 Å². The molecule has 158 valence electrons. The molecule has 1 spiro atoms. The number of ether oxygens (including phenoxy) is 4. The molecule has 2 aliphatic heterocycles. The van der Waals surface area contributed by atoms with E-state index in [9.17, 15) is 19.2 Å². The van der Waals surface area contributed by atoms with Crippen molar-refractivity contribution in [3.05, 3.63) is 52.6 Å². The monoisotopic (exact) mass is 416 g/mol. The standard InChI is InChI=1S/C20H20N2O8/c1-10-14(17(24)28-3)20(19(26)30-10)11-7-5-6-8-12(11)22(9-13(23)27-2)16(21)15(20)18(25)29-4/h5-8H,9,21H2,1-4H3/t20-/m1/s1. The number of rotatable bonds is 4. The molecule has 2 N–H and O–H groups in total. The van der Waals surface area contributed by atoms with Crippen molar-refractivity contribution in [2.45, 2.75) is 12.3 Å². The van der Waals surface area contributed by atoms with Crippen LogP contribution >= 0.6 is 0 Å². The van der Waals surface area contributed by atoms with Crippen LogP contribution in [0.3, 0.4) is 0 Å². The van der Waals surface area contributed by atoms with Gasteiger partial charge in [-0.3, -0.25) is 4.79 Å². The third-order valence-corrected chi connectivity index (χ3v) is 5.09. The van der Waals surface area contributed by atoms with Gasteiger partial charge in [-0.2, -0.15) is 0 Å². The number of cyclic esters (lactones) is 1. The van der Waals surface area contributed by atoms with Crippen LogP contribution in [0.5, 0.6) is 0 Å². The van der Waals surface area contributed by atoms with Crippen LogP contribution in [0.2, 0.25) is 0 Å². The Hall–Kier alpha value is -3.82.